The van der Waals surface area contributed by atoms with Crippen molar-refractivity contribution in [1.82, 2.24) is 19.9 Å². The van der Waals surface area contributed by atoms with Gasteiger partial charge in [0.2, 0.25) is 10.0 Å². The maximum Gasteiger partial charge on any atom is 0.312 e. The van der Waals surface area contributed by atoms with Crippen molar-refractivity contribution in [2.24, 2.45) is 5.73 Å². The Bertz CT molecular complexity index is 1220. The molecule has 6 N–H and O–H groups in total. The van der Waals surface area contributed by atoms with Crippen LogP contribution in [-0.2, 0) is 29.9 Å². The molecule has 1 aromatic carbocycles. The first-order chi connectivity index (χ1) is 16.6. The molecule has 1 atom stereocenters. The summed E-state index contributed by atoms with van der Waals surface area (Å²) in [5, 5.41) is 19.5. The number of aromatic nitrogens is 1. The molecule has 13 heteroatoms. The number of carbonyl (C=O) groups excluding carboxylic acids is 2. The van der Waals surface area contributed by atoms with Crippen LogP contribution in [0.2, 0.25) is 0 Å². The summed E-state index contributed by atoms with van der Waals surface area (Å²) in [5.41, 5.74) is 4.82. The van der Waals surface area contributed by atoms with E-state index in [0.29, 0.717) is 11.1 Å². The zero-order chi connectivity index (χ0) is 25.6. The molecule has 2 amide bonds. The second-order valence-corrected chi connectivity index (χ2v) is 9.76. The van der Waals surface area contributed by atoms with E-state index in [2.05, 4.69) is 15.0 Å². The SMILES string of the molecule is N=C(N)c1ccc(S(=O)(=O)NCCCC(CC(=O)O)(c2cccnc2)N2CCNC(=O)C2=O)cc1. The highest BCUT2D eigenvalue weighted by Gasteiger charge is 2.46. The fourth-order valence-corrected chi connectivity index (χ4v) is 5.16. The zero-order valence-corrected chi connectivity index (χ0v) is 19.5. The zero-order valence-electron chi connectivity index (χ0n) is 18.7. The quantitative estimate of drug-likeness (QED) is 0.120. The van der Waals surface area contributed by atoms with Crippen molar-refractivity contribution in [2.75, 3.05) is 19.6 Å². The summed E-state index contributed by atoms with van der Waals surface area (Å²) in [6.45, 7) is 0.211. The van der Waals surface area contributed by atoms with E-state index < -0.39 is 39.8 Å². The highest BCUT2D eigenvalue weighted by atomic mass is 32.2. The number of hydrogen-bond donors (Lipinski definition) is 5. The van der Waals surface area contributed by atoms with Crippen LogP contribution >= 0.6 is 0 Å². The van der Waals surface area contributed by atoms with Gasteiger partial charge in [0.15, 0.2) is 0 Å². The molecule has 186 valence electrons. The number of nitrogens with one attached hydrogen (secondary N) is 3. The van der Waals surface area contributed by atoms with E-state index in [0.717, 1.165) is 0 Å². The van der Waals surface area contributed by atoms with Crippen molar-refractivity contribution < 1.29 is 27.9 Å². The molecular weight excluding hydrogens is 476 g/mol. The Kier molecular flexibility index (Phi) is 7.82. The molecule has 35 heavy (non-hydrogen) atoms. The fourth-order valence-electron chi connectivity index (χ4n) is 4.08. The second kappa shape index (κ2) is 10.6. The molecule has 1 fully saturated rings. The minimum atomic E-state index is -3.89. The summed E-state index contributed by atoms with van der Waals surface area (Å²) >= 11 is 0. The first kappa shape index (κ1) is 25.8. The highest BCUT2D eigenvalue weighted by Crippen LogP contribution is 2.37. The van der Waals surface area contributed by atoms with Crippen LogP contribution in [-0.4, -0.2) is 66.7 Å². The van der Waals surface area contributed by atoms with Gasteiger partial charge < -0.3 is 21.1 Å². The van der Waals surface area contributed by atoms with Crippen LogP contribution in [0.5, 0.6) is 0 Å². The minimum absolute atomic E-state index is 0.0190. The smallest absolute Gasteiger partial charge is 0.312 e. The van der Waals surface area contributed by atoms with E-state index >= 15 is 0 Å². The van der Waals surface area contributed by atoms with Gasteiger partial charge in [-0.05, 0) is 48.7 Å². The molecule has 2 aromatic rings. The van der Waals surface area contributed by atoms with Gasteiger partial charge >= 0.3 is 17.8 Å². The van der Waals surface area contributed by atoms with Gasteiger partial charge in [-0.3, -0.25) is 24.8 Å². The largest absolute Gasteiger partial charge is 0.481 e. The molecule has 2 heterocycles. The summed E-state index contributed by atoms with van der Waals surface area (Å²) in [7, 11) is -3.89. The first-order valence-electron chi connectivity index (χ1n) is 10.7. The Morgan fingerprint density at radius 1 is 1.26 bits per heavy atom. The number of nitrogens with two attached hydrogens (primary N) is 1. The molecule has 1 unspecified atom stereocenters. The van der Waals surface area contributed by atoms with Crippen LogP contribution in [0.25, 0.3) is 0 Å². The number of carboxylic acid groups (broad SMARTS) is 1. The summed E-state index contributed by atoms with van der Waals surface area (Å²) in [6, 6.07) is 8.74. The molecule has 0 saturated carbocycles. The molecule has 0 aliphatic carbocycles. The molecule has 3 rings (SSSR count). The number of carboxylic acids is 1. The van der Waals surface area contributed by atoms with Gasteiger partial charge in [0.25, 0.3) is 0 Å². The van der Waals surface area contributed by atoms with E-state index in [1.54, 1.807) is 12.1 Å². The van der Waals surface area contributed by atoms with E-state index in [4.69, 9.17) is 11.1 Å². The third-order valence-electron chi connectivity index (χ3n) is 5.75. The standard InChI is InChI=1S/C22H26N6O6S/c23-19(24)15-4-6-17(7-5-15)35(33,34)27-10-2-8-22(13-18(29)30,16-3-1-9-25-14-16)28-12-11-26-20(31)21(28)32/h1,3-7,9,14,27H,2,8,10-13H2,(H3,23,24)(H,26,31)(H,29,30). The Labute approximate surface area is 202 Å². The lowest BCUT2D eigenvalue weighted by atomic mass is 9.80. The number of carbonyl (C=O) groups is 3. The summed E-state index contributed by atoms with van der Waals surface area (Å²) in [5.74, 6) is -3.05. The molecule has 1 aliphatic heterocycles. The maximum absolute atomic E-state index is 12.7. The van der Waals surface area contributed by atoms with Gasteiger partial charge in [0.1, 0.15) is 5.84 Å². The van der Waals surface area contributed by atoms with Gasteiger partial charge in [-0.15, -0.1) is 0 Å². The molecule has 0 radical (unpaired) electrons. The number of rotatable bonds is 11. The van der Waals surface area contributed by atoms with Crippen LogP contribution in [0.4, 0.5) is 0 Å². The molecule has 1 aliphatic rings. The van der Waals surface area contributed by atoms with Gasteiger partial charge in [0, 0.05) is 37.6 Å². The van der Waals surface area contributed by atoms with E-state index in [-0.39, 0.29) is 43.2 Å². The van der Waals surface area contributed by atoms with Crippen molar-refractivity contribution in [3.05, 3.63) is 59.9 Å². The van der Waals surface area contributed by atoms with Gasteiger partial charge in [-0.25, -0.2) is 13.1 Å². The summed E-state index contributed by atoms with van der Waals surface area (Å²) < 4.78 is 27.8. The Balaban J connectivity index is 1.82. The first-order valence-corrected chi connectivity index (χ1v) is 12.2. The van der Waals surface area contributed by atoms with Crippen LogP contribution < -0.4 is 15.8 Å². The van der Waals surface area contributed by atoms with Crippen LogP contribution in [0.1, 0.15) is 30.4 Å². The van der Waals surface area contributed by atoms with Crippen molar-refractivity contribution in [2.45, 2.75) is 29.7 Å². The fraction of sp³-hybridized carbons (Fsp3) is 0.318. The second-order valence-electron chi connectivity index (χ2n) is 8.00. The Morgan fingerprint density at radius 3 is 2.57 bits per heavy atom. The lowest BCUT2D eigenvalue weighted by Gasteiger charge is -2.45. The number of nitrogen functional groups attached to an aromatic ring is 1. The van der Waals surface area contributed by atoms with Gasteiger partial charge in [0.05, 0.1) is 16.9 Å². The number of benzene rings is 1. The van der Waals surface area contributed by atoms with Gasteiger partial charge in [-0.1, -0.05) is 6.07 Å². The highest BCUT2D eigenvalue weighted by molar-refractivity contribution is 7.89. The normalized spacial score (nSPS) is 15.8. The van der Waals surface area contributed by atoms with E-state index in [1.165, 1.54) is 41.6 Å². The van der Waals surface area contributed by atoms with E-state index in [1.807, 2.05) is 0 Å². The lowest BCUT2D eigenvalue weighted by Crippen LogP contribution is -2.60. The third kappa shape index (κ3) is 5.81. The molecule has 1 saturated heterocycles. The average Bonchev–Trinajstić information content (AvgIpc) is 2.83. The molecule has 1 aromatic heterocycles. The Morgan fingerprint density at radius 2 is 1.97 bits per heavy atom. The molecule has 12 nitrogen and oxygen atoms in total. The number of amidine groups is 1. The lowest BCUT2D eigenvalue weighted by molar-refractivity contribution is -0.157. The summed E-state index contributed by atoms with van der Waals surface area (Å²) in [4.78, 5) is 42.0. The number of nitrogens with zero attached hydrogens (tertiary/aromatic N) is 2. The van der Waals surface area contributed by atoms with Crippen molar-refractivity contribution in [3.8, 4) is 0 Å². The maximum atomic E-state index is 12.7. The molecular formula is C22H26N6O6S. The van der Waals surface area contributed by atoms with Crippen molar-refractivity contribution >= 4 is 33.6 Å². The predicted octanol–water partition coefficient (Wildman–Crippen LogP) is -0.247. The number of pyridine rings is 1. The van der Waals surface area contributed by atoms with Gasteiger partial charge in [-0.2, -0.15) is 0 Å². The van der Waals surface area contributed by atoms with Crippen molar-refractivity contribution in [3.63, 3.8) is 0 Å². The number of hydrogen-bond acceptors (Lipinski definition) is 7. The van der Waals surface area contributed by atoms with Crippen LogP contribution in [0, 0.1) is 5.41 Å². The average molecular weight is 503 g/mol. The minimum Gasteiger partial charge on any atom is -0.481 e. The monoisotopic (exact) mass is 502 g/mol. The van der Waals surface area contributed by atoms with Crippen LogP contribution in [0.3, 0.4) is 0 Å². The number of sulfonamides is 1. The van der Waals surface area contributed by atoms with E-state index in [9.17, 15) is 27.9 Å². The summed E-state index contributed by atoms with van der Waals surface area (Å²) in [6.07, 6.45) is 2.69. The number of aliphatic carboxylic acids is 1. The van der Waals surface area contributed by atoms with Crippen LogP contribution in [0.15, 0.2) is 53.7 Å². The predicted molar refractivity (Wildman–Crippen MR) is 125 cm³/mol. The topological polar surface area (TPSA) is 196 Å². The molecule has 0 spiro atoms. The number of piperazine rings is 1. The third-order valence-corrected chi connectivity index (χ3v) is 7.23. The number of amides is 2. The van der Waals surface area contributed by atoms with Crippen molar-refractivity contribution in [1.29, 1.82) is 5.41 Å². The Hall–Kier alpha value is -3.84. The molecule has 0 bridgehead atoms.